The molecule has 4 rings (SSSR count). The van der Waals surface area contributed by atoms with E-state index in [4.69, 9.17) is 8.64 Å². The molecule has 1 atom stereocenters. The summed E-state index contributed by atoms with van der Waals surface area (Å²) in [5, 5.41) is 10.6. The van der Waals surface area contributed by atoms with Crippen molar-refractivity contribution >= 4 is 5.91 Å². The Labute approximate surface area is 142 Å². The van der Waals surface area contributed by atoms with E-state index in [1.807, 2.05) is 12.1 Å². The fraction of sp³-hybridized carbons (Fsp3) is 0.294. The summed E-state index contributed by atoms with van der Waals surface area (Å²) in [6, 6.07) is 5.53. The summed E-state index contributed by atoms with van der Waals surface area (Å²) in [7, 11) is 1.76. The van der Waals surface area contributed by atoms with Gasteiger partial charge in [0.25, 0.3) is 11.8 Å². The van der Waals surface area contributed by atoms with E-state index in [9.17, 15) is 4.79 Å². The summed E-state index contributed by atoms with van der Waals surface area (Å²) in [5.41, 5.74) is 3.28. The first-order valence-corrected chi connectivity index (χ1v) is 7.58. The number of hydrogen-bond acceptors (Lipinski definition) is 5. The number of fused-ring (bicyclic) bond motifs is 1. The third-order valence-electron chi connectivity index (χ3n) is 4.17. The Bertz CT molecular complexity index is 1010. The van der Waals surface area contributed by atoms with Gasteiger partial charge < -0.3 is 9.84 Å². The predicted octanol–water partition coefficient (Wildman–Crippen LogP) is 2.20. The number of nitrogens with zero attached hydrogens (tertiary/aromatic N) is 4. The molecule has 2 aromatic heterocycles. The van der Waals surface area contributed by atoms with E-state index in [1.54, 1.807) is 24.0 Å². The van der Waals surface area contributed by atoms with Crippen LogP contribution in [0.3, 0.4) is 0 Å². The van der Waals surface area contributed by atoms with Gasteiger partial charge in [-0.3, -0.25) is 9.48 Å². The highest BCUT2D eigenvalue weighted by atomic mass is 16.5. The van der Waals surface area contributed by atoms with Crippen molar-refractivity contribution in [1.29, 1.82) is 0 Å². The lowest BCUT2D eigenvalue weighted by molar-refractivity contribution is 0.0936. The highest BCUT2D eigenvalue weighted by Gasteiger charge is 2.25. The lowest BCUT2D eigenvalue weighted by atomic mass is 10.0. The van der Waals surface area contributed by atoms with E-state index in [0.717, 1.165) is 24.0 Å². The molecule has 7 nitrogen and oxygen atoms in total. The molecule has 0 fully saturated rings. The minimum Gasteiger partial charge on any atom is -0.345 e. The van der Waals surface area contributed by atoms with Crippen LogP contribution in [0.4, 0.5) is 0 Å². The SMILES string of the molecule is [2H]C([2H])([2H])c1noc(-c2ccc3c(c2)CC[C@H]3NC(=O)c2cnn(C)c2)n1. The molecule has 1 N–H and O–H groups in total. The quantitative estimate of drug-likeness (QED) is 0.797. The number of rotatable bonds is 3. The monoisotopic (exact) mass is 326 g/mol. The maximum absolute atomic E-state index is 12.4. The van der Waals surface area contributed by atoms with E-state index in [2.05, 4.69) is 20.6 Å². The fourth-order valence-corrected chi connectivity index (χ4v) is 3.02. The Kier molecular flexibility index (Phi) is 2.69. The van der Waals surface area contributed by atoms with E-state index in [1.165, 1.54) is 6.20 Å². The van der Waals surface area contributed by atoms with Crippen molar-refractivity contribution in [1.82, 2.24) is 25.2 Å². The zero-order valence-corrected chi connectivity index (χ0v) is 13.0. The zero-order valence-electron chi connectivity index (χ0n) is 16.0. The predicted molar refractivity (Wildman–Crippen MR) is 86.2 cm³/mol. The molecule has 7 heteroatoms. The lowest BCUT2D eigenvalue weighted by Gasteiger charge is -2.13. The van der Waals surface area contributed by atoms with Gasteiger partial charge in [0.1, 0.15) is 0 Å². The second-order valence-corrected chi connectivity index (χ2v) is 5.80. The molecule has 1 aliphatic rings. The molecule has 0 saturated carbocycles. The number of aryl methyl sites for hydroxylation is 3. The van der Waals surface area contributed by atoms with Crippen molar-refractivity contribution in [2.24, 2.45) is 7.05 Å². The van der Waals surface area contributed by atoms with Crippen LogP contribution >= 0.6 is 0 Å². The molecule has 2 heterocycles. The third-order valence-corrected chi connectivity index (χ3v) is 4.17. The standard InChI is InChI=1S/C17H17N5O2/c1-10-19-17(24-21-10)12-3-5-14-11(7-12)4-6-15(14)20-16(23)13-8-18-22(2)9-13/h3,5,7-9,15H,4,6H2,1-2H3,(H,20,23)/t15-/m1/s1/i1D3. The first kappa shape index (κ1) is 11.6. The van der Waals surface area contributed by atoms with Crippen LogP contribution in [0, 0.1) is 6.85 Å². The normalized spacial score (nSPS) is 18.5. The second-order valence-electron chi connectivity index (χ2n) is 5.80. The summed E-state index contributed by atoms with van der Waals surface area (Å²) in [5.74, 6) is -0.296. The Morgan fingerprint density at radius 1 is 1.50 bits per heavy atom. The molecular weight excluding hydrogens is 306 g/mol. The van der Waals surface area contributed by atoms with Gasteiger partial charge in [0, 0.05) is 22.9 Å². The molecule has 0 radical (unpaired) electrons. The van der Waals surface area contributed by atoms with Crippen LogP contribution in [-0.4, -0.2) is 25.8 Å². The highest BCUT2D eigenvalue weighted by molar-refractivity contribution is 5.94. The Morgan fingerprint density at radius 3 is 3.17 bits per heavy atom. The molecule has 3 aromatic rings. The summed E-state index contributed by atoms with van der Waals surface area (Å²) >= 11 is 0. The number of amides is 1. The summed E-state index contributed by atoms with van der Waals surface area (Å²) in [6.45, 7) is -2.40. The van der Waals surface area contributed by atoms with E-state index in [-0.39, 0.29) is 23.7 Å². The van der Waals surface area contributed by atoms with Gasteiger partial charge in [-0.2, -0.15) is 10.1 Å². The molecule has 122 valence electrons. The Hall–Kier alpha value is -2.96. The number of carbonyl (C=O) groups is 1. The number of benzene rings is 1. The zero-order chi connectivity index (χ0) is 19.2. The van der Waals surface area contributed by atoms with Crippen LogP contribution in [0.15, 0.2) is 35.1 Å². The topological polar surface area (TPSA) is 85.8 Å². The minimum absolute atomic E-state index is 0.0811. The van der Waals surface area contributed by atoms with Crippen molar-refractivity contribution in [3.8, 4) is 11.5 Å². The van der Waals surface area contributed by atoms with Gasteiger partial charge in [0.2, 0.25) is 0 Å². The van der Waals surface area contributed by atoms with Gasteiger partial charge in [0.15, 0.2) is 5.82 Å². The second kappa shape index (κ2) is 5.59. The number of nitrogens with one attached hydrogen (secondary N) is 1. The van der Waals surface area contributed by atoms with Gasteiger partial charge in [-0.05, 0) is 43.0 Å². The van der Waals surface area contributed by atoms with Crippen LogP contribution in [0.25, 0.3) is 11.5 Å². The molecule has 24 heavy (non-hydrogen) atoms. The maximum Gasteiger partial charge on any atom is 0.257 e. The van der Waals surface area contributed by atoms with Crippen LogP contribution < -0.4 is 5.32 Å². The average molecular weight is 326 g/mol. The fourth-order valence-electron chi connectivity index (χ4n) is 3.02. The molecule has 0 saturated heterocycles. The van der Waals surface area contributed by atoms with Crippen molar-refractivity contribution in [2.75, 3.05) is 0 Å². The molecule has 1 aromatic carbocycles. The molecule has 1 amide bonds. The molecule has 0 spiro atoms. The number of aromatic nitrogens is 4. The number of carbonyl (C=O) groups excluding carboxylic acids is 1. The van der Waals surface area contributed by atoms with Crippen molar-refractivity contribution < 1.29 is 13.4 Å². The van der Waals surface area contributed by atoms with Crippen molar-refractivity contribution in [2.45, 2.75) is 25.7 Å². The van der Waals surface area contributed by atoms with Gasteiger partial charge in [-0.15, -0.1) is 0 Å². The lowest BCUT2D eigenvalue weighted by Crippen LogP contribution is -2.26. The average Bonchev–Trinajstić information content (AvgIpc) is 3.33. The van der Waals surface area contributed by atoms with E-state index < -0.39 is 6.85 Å². The largest absolute Gasteiger partial charge is 0.345 e. The van der Waals surface area contributed by atoms with Crippen LogP contribution in [0.1, 0.15) is 43.9 Å². The van der Waals surface area contributed by atoms with Gasteiger partial charge in [-0.25, -0.2) is 0 Å². The van der Waals surface area contributed by atoms with Gasteiger partial charge in [-0.1, -0.05) is 11.2 Å². The molecule has 0 unspecified atom stereocenters. The Morgan fingerprint density at radius 2 is 2.42 bits per heavy atom. The third kappa shape index (κ3) is 2.58. The van der Waals surface area contributed by atoms with Crippen LogP contribution in [0.2, 0.25) is 0 Å². The highest BCUT2D eigenvalue weighted by Crippen LogP contribution is 2.34. The summed E-state index contributed by atoms with van der Waals surface area (Å²) in [4.78, 5) is 16.3. The first-order valence-electron chi connectivity index (χ1n) is 9.08. The minimum atomic E-state index is -2.40. The van der Waals surface area contributed by atoms with Crippen LogP contribution in [-0.2, 0) is 13.5 Å². The Balaban J connectivity index is 1.54. The van der Waals surface area contributed by atoms with Crippen LogP contribution in [0.5, 0.6) is 0 Å². The smallest absolute Gasteiger partial charge is 0.257 e. The van der Waals surface area contributed by atoms with Crippen molar-refractivity contribution in [3.63, 3.8) is 0 Å². The van der Waals surface area contributed by atoms with Gasteiger partial charge >= 0.3 is 0 Å². The van der Waals surface area contributed by atoms with E-state index in [0.29, 0.717) is 11.1 Å². The summed E-state index contributed by atoms with van der Waals surface area (Å²) < 4.78 is 28.7. The van der Waals surface area contributed by atoms with Gasteiger partial charge in [0.05, 0.1) is 17.8 Å². The van der Waals surface area contributed by atoms with Crippen molar-refractivity contribution in [3.05, 3.63) is 53.1 Å². The summed E-state index contributed by atoms with van der Waals surface area (Å²) in [6.07, 6.45) is 4.79. The molecule has 0 aliphatic heterocycles. The molecule has 0 bridgehead atoms. The molecular formula is C17H17N5O2. The maximum atomic E-state index is 12.4. The first-order chi connectivity index (χ1) is 12.8. The van der Waals surface area contributed by atoms with E-state index >= 15 is 0 Å². The number of hydrogen-bond donors (Lipinski definition) is 1. The molecule has 1 aliphatic carbocycles.